The molecule has 0 saturated carbocycles. The Morgan fingerprint density at radius 3 is 1.81 bits per heavy atom. The minimum Gasteiger partial charge on any atom is -0.285 e. The van der Waals surface area contributed by atoms with Crippen LogP contribution in [0.25, 0.3) is 0 Å². The molecule has 0 spiro atoms. The lowest BCUT2D eigenvalue weighted by atomic mass is 10.1. The highest BCUT2D eigenvalue weighted by Gasteiger charge is 2.36. The minimum absolute atomic E-state index is 0.212. The highest BCUT2D eigenvalue weighted by atomic mass is 35.5. The van der Waals surface area contributed by atoms with E-state index in [0.29, 0.717) is 16.1 Å². The van der Waals surface area contributed by atoms with Crippen molar-refractivity contribution in [1.82, 2.24) is 5.01 Å². The predicted octanol–water partition coefficient (Wildman–Crippen LogP) is 4.27. The lowest BCUT2D eigenvalue weighted by molar-refractivity contribution is 0.0691. The van der Waals surface area contributed by atoms with Crippen LogP contribution in [0, 0.1) is 0 Å². The summed E-state index contributed by atoms with van der Waals surface area (Å²) in [5.41, 5.74) is 3.57. The molecule has 1 heterocycles. The van der Waals surface area contributed by atoms with Crippen LogP contribution in [0.3, 0.4) is 0 Å². The fourth-order valence-electron chi connectivity index (χ4n) is 2.05. The summed E-state index contributed by atoms with van der Waals surface area (Å²) in [6, 6.07) is 9.49. The number of amides is 2. The van der Waals surface area contributed by atoms with Crippen molar-refractivity contribution in [2.75, 3.05) is 5.43 Å². The summed E-state index contributed by atoms with van der Waals surface area (Å²) >= 11 is 17.9. The smallest absolute Gasteiger partial charge is 0.280 e. The molecule has 106 valence electrons. The van der Waals surface area contributed by atoms with Crippen LogP contribution in [-0.4, -0.2) is 16.8 Å². The molecule has 1 N–H and O–H groups in total. The van der Waals surface area contributed by atoms with Crippen molar-refractivity contribution in [3.05, 3.63) is 62.6 Å². The maximum absolute atomic E-state index is 12.2. The van der Waals surface area contributed by atoms with Gasteiger partial charge in [0.15, 0.2) is 0 Å². The van der Waals surface area contributed by atoms with Crippen LogP contribution in [0.5, 0.6) is 0 Å². The van der Waals surface area contributed by atoms with Gasteiger partial charge in [-0.15, -0.1) is 0 Å². The van der Waals surface area contributed by atoms with Gasteiger partial charge < -0.3 is 0 Å². The Kier molecular flexibility index (Phi) is 3.53. The van der Waals surface area contributed by atoms with Crippen LogP contribution in [0.4, 0.5) is 5.69 Å². The van der Waals surface area contributed by atoms with E-state index < -0.39 is 11.8 Å². The van der Waals surface area contributed by atoms with E-state index in [1.165, 1.54) is 12.1 Å². The molecule has 4 nitrogen and oxygen atoms in total. The zero-order valence-corrected chi connectivity index (χ0v) is 12.6. The van der Waals surface area contributed by atoms with Gasteiger partial charge in [0.25, 0.3) is 11.8 Å². The van der Waals surface area contributed by atoms with Crippen LogP contribution in [-0.2, 0) is 0 Å². The fraction of sp³-hybridized carbons (Fsp3) is 0. The third kappa shape index (κ3) is 2.35. The van der Waals surface area contributed by atoms with Gasteiger partial charge in [-0.2, -0.15) is 5.01 Å². The number of rotatable bonds is 2. The molecule has 1 aliphatic rings. The van der Waals surface area contributed by atoms with E-state index in [-0.39, 0.29) is 15.7 Å². The molecule has 0 unspecified atom stereocenters. The summed E-state index contributed by atoms with van der Waals surface area (Å²) < 4.78 is 0. The average molecular weight is 342 g/mol. The van der Waals surface area contributed by atoms with Gasteiger partial charge in [-0.1, -0.05) is 46.9 Å². The van der Waals surface area contributed by atoms with Gasteiger partial charge in [0, 0.05) is 5.02 Å². The summed E-state index contributed by atoms with van der Waals surface area (Å²) in [6.45, 7) is 0. The number of hydrogen-bond donors (Lipinski definition) is 1. The number of fused-ring (bicyclic) bond motifs is 1. The Hall–Kier alpha value is -1.75. The Morgan fingerprint density at radius 2 is 1.33 bits per heavy atom. The van der Waals surface area contributed by atoms with Crippen molar-refractivity contribution in [2.24, 2.45) is 0 Å². The lowest BCUT2D eigenvalue weighted by Crippen LogP contribution is -2.35. The van der Waals surface area contributed by atoms with Gasteiger partial charge in [0.05, 0.1) is 26.9 Å². The Morgan fingerprint density at radius 1 is 0.857 bits per heavy atom. The molecule has 0 aliphatic carbocycles. The first kappa shape index (κ1) is 14.2. The zero-order chi connectivity index (χ0) is 15.1. The van der Waals surface area contributed by atoms with Crippen molar-refractivity contribution in [1.29, 1.82) is 0 Å². The molecule has 2 amide bonds. The van der Waals surface area contributed by atoms with Crippen molar-refractivity contribution >= 4 is 52.3 Å². The van der Waals surface area contributed by atoms with Gasteiger partial charge in [0.1, 0.15) is 0 Å². The third-order valence-electron chi connectivity index (χ3n) is 3.02. The highest BCUT2D eigenvalue weighted by Crippen LogP contribution is 2.35. The Bertz CT molecular complexity index is 719. The van der Waals surface area contributed by atoms with E-state index in [4.69, 9.17) is 34.8 Å². The molecule has 0 radical (unpaired) electrons. The molecule has 7 heteroatoms. The van der Waals surface area contributed by atoms with Gasteiger partial charge in [0.2, 0.25) is 0 Å². The number of carbonyl (C=O) groups is 2. The van der Waals surface area contributed by atoms with E-state index in [0.717, 1.165) is 5.01 Å². The van der Waals surface area contributed by atoms with Crippen LogP contribution in [0.1, 0.15) is 20.7 Å². The first-order chi connectivity index (χ1) is 9.99. The van der Waals surface area contributed by atoms with Crippen molar-refractivity contribution < 1.29 is 9.59 Å². The number of hydrogen-bond acceptors (Lipinski definition) is 3. The Labute approximate surface area is 135 Å². The molecule has 0 fully saturated rings. The normalized spacial score (nSPS) is 13.6. The molecule has 2 aromatic rings. The third-order valence-corrected chi connectivity index (χ3v) is 3.84. The first-order valence-corrected chi connectivity index (χ1v) is 7.01. The van der Waals surface area contributed by atoms with E-state index in [9.17, 15) is 9.59 Å². The highest BCUT2D eigenvalue weighted by molar-refractivity contribution is 6.42. The summed E-state index contributed by atoms with van der Waals surface area (Å²) in [5.74, 6) is -0.921. The summed E-state index contributed by atoms with van der Waals surface area (Å²) in [5, 5.41) is 1.66. The number of halogens is 3. The largest absolute Gasteiger partial charge is 0.285 e. The van der Waals surface area contributed by atoms with E-state index >= 15 is 0 Å². The topological polar surface area (TPSA) is 49.4 Å². The van der Waals surface area contributed by atoms with Gasteiger partial charge >= 0.3 is 0 Å². The number of nitrogens with zero attached hydrogens (tertiary/aromatic N) is 1. The van der Waals surface area contributed by atoms with Crippen molar-refractivity contribution in [2.45, 2.75) is 0 Å². The average Bonchev–Trinajstić information content (AvgIpc) is 2.67. The second-order valence-corrected chi connectivity index (χ2v) is 5.60. The van der Waals surface area contributed by atoms with E-state index in [1.54, 1.807) is 24.3 Å². The van der Waals surface area contributed by atoms with Crippen LogP contribution in [0.2, 0.25) is 15.1 Å². The summed E-state index contributed by atoms with van der Waals surface area (Å²) in [7, 11) is 0. The minimum atomic E-state index is -0.460. The molecule has 21 heavy (non-hydrogen) atoms. The van der Waals surface area contributed by atoms with E-state index in [1.807, 2.05) is 0 Å². The van der Waals surface area contributed by atoms with Crippen molar-refractivity contribution in [3.63, 3.8) is 0 Å². The molecular formula is C14H7Cl3N2O2. The van der Waals surface area contributed by atoms with Gasteiger partial charge in [-0.25, -0.2) is 0 Å². The quantitative estimate of drug-likeness (QED) is 0.830. The maximum atomic E-state index is 12.2. The number of carbonyl (C=O) groups excluding carboxylic acids is 2. The second-order valence-electron chi connectivity index (χ2n) is 4.35. The number of anilines is 1. The molecule has 1 aliphatic heterocycles. The van der Waals surface area contributed by atoms with Gasteiger partial charge in [-0.05, 0) is 24.3 Å². The van der Waals surface area contributed by atoms with E-state index in [2.05, 4.69) is 5.43 Å². The van der Waals surface area contributed by atoms with Crippen LogP contribution in [0.15, 0.2) is 36.4 Å². The monoisotopic (exact) mass is 340 g/mol. The fourth-order valence-corrected chi connectivity index (χ4v) is 2.95. The standard InChI is InChI=1S/C14H7Cl3N2O2/c15-7-5-10(16)12(11(17)6-7)18-19-13(20)8-3-1-2-4-9(8)14(19)21/h1-6,18H. The molecule has 3 rings (SSSR count). The lowest BCUT2D eigenvalue weighted by Gasteiger charge is -2.18. The number of imide groups is 1. The summed E-state index contributed by atoms with van der Waals surface area (Å²) in [6.07, 6.45) is 0. The van der Waals surface area contributed by atoms with Gasteiger partial charge in [-0.3, -0.25) is 15.0 Å². The predicted molar refractivity (Wildman–Crippen MR) is 82.0 cm³/mol. The summed E-state index contributed by atoms with van der Waals surface area (Å²) in [4.78, 5) is 24.5. The zero-order valence-electron chi connectivity index (χ0n) is 10.4. The molecule has 2 aromatic carbocycles. The van der Waals surface area contributed by atoms with Crippen LogP contribution < -0.4 is 5.43 Å². The maximum Gasteiger partial charge on any atom is 0.280 e. The van der Waals surface area contributed by atoms with Crippen LogP contribution >= 0.6 is 34.8 Å². The second kappa shape index (κ2) is 5.22. The number of hydrazine groups is 1. The number of benzene rings is 2. The molecule has 0 aromatic heterocycles. The van der Waals surface area contributed by atoms with Crippen molar-refractivity contribution in [3.8, 4) is 0 Å². The molecule has 0 saturated heterocycles. The number of nitrogens with one attached hydrogen (secondary N) is 1. The first-order valence-electron chi connectivity index (χ1n) is 5.88. The Balaban J connectivity index is 1.98. The SMILES string of the molecule is O=C1c2ccccc2C(=O)N1Nc1c(Cl)cc(Cl)cc1Cl. The molecule has 0 atom stereocenters. The molecule has 0 bridgehead atoms. The molecular weight excluding hydrogens is 335 g/mol.